The Hall–Kier alpha value is -2.12. The maximum atomic E-state index is 10.0. The van der Waals surface area contributed by atoms with Gasteiger partial charge in [0.25, 0.3) is 0 Å². The summed E-state index contributed by atoms with van der Waals surface area (Å²) in [6.07, 6.45) is 2.31. The molecule has 0 aliphatic carbocycles. The second kappa shape index (κ2) is 10.9. The van der Waals surface area contributed by atoms with Gasteiger partial charge >= 0.3 is 0 Å². The van der Waals surface area contributed by atoms with E-state index in [1.165, 1.54) is 10.5 Å². The zero-order chi connectivity index (χ0) is 19.5. The summed E-state index contributed by atoms with van der Waals surface area (Å²) in [5.74, 6) is 1.14. The van der Waals surface area contributed by atoms with Crippen LogP contribution < -0.4 is 0 Å². The average molecular weight is 403 g/mol. The van der Waals surface area contributed by atoms with Gasteiger partial charge < -0.3 is 4.55 Å². The fraction of sp³-hybridized carbons (Fsp3) is 0.143. The maximum Gasteiger partial charge on any atom is 0.217 e. The molecule has 4 nitrogen and oxygen atoms in total. The molecule has 0 radical (unpaired) electrons. The van der Waals surface area contributed by atoms with Crippen LogP contribution >= 0.6 is 0 Å². The third kappa shape index (κ3) is 8.88. The third-order valence-electron chi connectivity index (χ3n) is 3.58. The highest BCUT2D eigenvalue weighted by Crippen LogP contribution is 2.15. The number of hydrogen-bond donors (Lipinski definition) is 0. The van der Waals surface area contributed by atoms with Gasteiger partial charge in [0.2, 0.25) is 10.4 Å². The van der Waals surface area contributed by atoms with Gasteiger partial charge in [-0.15, -0.1) is 0 Å². The van der Waals surface area contributed by atoms with Gasteiger partial charge in [-0.3, -0.25) is 4.18 Å². The molecule has 1 unspecified atom stereocenters. The van der Waals surface area contributed by atoms with Crippen LogP contribution in [-0.2, 0) is 37.8 Å². The van der Waals surface area contributed by atoms with Crippen molar-refractivity contribution in [2.75, 3.05) is 6.26 Å². The van der Waals surface area contributed by atoms with Crippen LogP contribution in [0, 0.1) is 0 Å². The largest absolute Gasteiger partial charge is 0.726 e. The Morgan fingerprint density at radius 1 is 0.778 bits per heavy atom. The second-order valence-electron chi connectivity index (χ2n) is 5.74. The zero-order valence-corrected chi connectivity index (χ0v) is 16.7. The molecule has 0 spiro atoms. The third-order valence-corrected chi connectivity index (χ3v) is 5.83. The molecule has 3 aromatic rings. The highest BCUT2D eigenvalue weighted by atomic mass is 32.3. The molecule has 0 fully saturated rings. The van der Waals surface area contributed by atoms with Gasteiger partial charge in [-0.1, -0.05) is 78.9 Å². The molecule has 0 saturated heterocycles. The van der Waals surface area contributed by atoms with Crippen LogP contribution in [0.1, 0.15) is 11.1 Å². The van der Waals surface area contributed by atoms with Crippen molar-refractivity contribution in [1.82, 2.24) is 0 Å². The molecular weight excluding hydrogens is 380 g/mol. The fourth-order valence-corrected chi connectivity index (χ4v) is 4.04. The van der Waals surface area contributed by atoms with Crippen LogP contribution in [0.3, 0.4) is 0 Å². The minimum absolute atomic E-state index is 0.202. The van der Waals surface area contributed by atoms with E-state index in [0.717, 1.165) is 5.75 Å². The van der Waals surface area contributed by atoms with Gasteiger partial charge in [-0.2, -0.15) is 0 Å². The van der Waals surface area contributed by atoms with Crippen LogP contribution in [0.2, 0.25) is 0 Å². The number of rotatable bonds is 6. The Bertz CT molecular complexity index is 883. The topological polar surface area (TPSA) is 66.4 Å². The predicted molar refractivity (Wildman–Crippen MR) is 109 cm³/mol. The number of hydrogen-bond acceptors (Lipinski definition) is 4. The summed E-state index contributed by atoms with van der Waals surface area (Å²) in [5.41, 5.74) is 2.07. The van der Waals surface area contributed by atoms with Gasteiger partial charge in [-0.25, -0.2) is 8.42 Å². The Morgan fingerprint density at radius 2 is 1.22 bits per heavy atom. The van der Waals surface area contributed by atoms with Crippen molar-refractivity contribution >= 4 is 21.3 Å². The first kappa shape index (κ1) is 21.2. The molecule has 0 bridgehead atoms. The lowest BCUT2D eigenvalue weighted by Crippen LogP contribution is -2.03. The second-order valence-corrected chi connectivity index (χ2v) is 8.82. The highest BCUT2D eigenvalue weighted by molar-refractivity contribution is 7.95. The fourth-order valence-electron chi connectivity index (χ4n) is 2.27. The molecule has 1 atom stereocenters. The minimum atomic E-state index is -4.57. The van der Waals surface area contributed by atoms with Crippen LogP contribution in [-0.4, -0.2) is 19.2 Å². The van der Waals surface area contributed by atoms with E-state index in [-0.39, 0.29) is 6.61 Å². The molecule has 0 aromatic heterocycles. The lowest BCUT2D eigenvalue weighted by Gasteiger charge is -2.06. The molecule has 0 heterocycles. The van der Waals surface area contributed by atoms with E-state index in [4.69, 9.17) is 0 Å². The summed E-state index contributed by atoms with van der Waals surface area (Å²) < 4.78 is 34.1. The quantitative estimate of drug-likeness (QED) is 0.353. The normalized spacial score (nSPS) is 11.9. The summed E-state index contributed by atoms with van der Waals surface area (Å²) >= 11 is 0. The van der Waals surface area contributed by atoms with E-state index in [2.05, 4.69) is 71.1 Å². The Morgan fingerprint density at radius 3 is 1.70 bits per heavy atom. The molecule has 0 N–H and O–H groups in total. The van der Waals surface area contributed by atoms with Crippen molar-refractivity contribution in [2.45, 2.75) is 17.3 Å². The van der Waals surface area contributed by atoms with E-state index in [0.29, 0.717) is 16.5 Å². The summed E-state index contributed by atoms with van der Waals surface area (Å²) in [4.78, 5) is 1.45. The smallest absolute Gasteiger partial charge is 0.217 e. The Kier molecular flexibility index (Phi) is 8.54. The van der Waals surface area contributed by atoms with E-state index < -0.39 is 10.4 Å². The van der Waals surface area contributed by atoms with Crippen LogP contribution in [0.5, 0.6) is 0 Å². The van der Waals surface area contributed by atoms with Crippen LogP contribution in [0.4, 0.5) is 0 Å². The van der Waals surface area contributed by atoms with Crippen molar-refractivity contribution < 1.29 is 17.2 Å². The lowest BCUT2D eigenvalue weighted by atomic mass is 10.2. The van der Waals surface area contributed by atoms with E-state index in [1.54, 1.807) is 30.3 Å². The molecule has 142 valence electrons. The maximum absolute atomic E-state index is 10.0. The summed E-state index contributed by atoms with van der Waals surface area (Å²) in [6.45, 7) is -0.202. The van der Waals surface area contributed by atoms with Crippen molar-refractivity contribution in [1.29, 1.82) is 0 Å². The van der Waals surface area contributed by atoms with Gasteiger partial charge in [0.05, 0.1) is 6.61 Å². The summed E-state index contributed by atoms with van der Waals surface area (Å²) in [7, 11) is -4.26. The van der Waals surface area contributed by atoms with Gasteiger partial charge in [0.1, 0.15) is 12.0 Å². The van der Waals surface area contributed by atoms with Crippen molar-refractivity contribution in [2.24, 2.45) is 0 Å². The summed E-state index contributed by atoms with van der Waals surface area (Å²) in [5, 5.41) is 0. The van der Waals surface area contributed by atoms with Gasteiger partial charge in [-0.05, 0) is 17.7 Å². The molecule has 27 heavy (non-hydrogen) atoms. The standard InChI is InChI=1S/C14H15S.C7H8O4S/c1-15(14-10-6-3-7-11-14)12-13-8-4-2-5-9-13;8-12(9,10)11-6-7-4-2-1-3-5-7/h2-11H,12H2,1H3;1-5H,6H2,(H,8,9,10)/q+1;/p-1. The Labute approximate surface area is 164 Å². The van der Waals surface area contributed by atoms with Gasteiger partial charge in [0, 0.05) is 16.5 Å². The lowest BCUT2D eigenvalue weighted by molar-refractivity contribution is 0.253. The SMILES string of the molecule is C[S+](Cc1ccccc1)c1ccccc1.O=S(=O)([O-])OCc1ccccc1. The molecule has 6 heteroatoms. The molecular formula is C21H22O4S2. The Balaban J connectivity index is 0.000000199. The first-order chi connectivity index (χ1) is 12.9. The van der Waals surface area contributed by atoms with Crippen molar-refractivity contribution in [3.63, 3.8) is 0 Å². The van der Waals surface area contributed by atoms with Crippen LogP contribution in [0.15, 0.2) is 95.9 Å². The average Bonchev–Trinajstić information content (AvgIpc) is 2.69. The monoisotopic (exact) mass is 402 g/mol. The first-order valence-corrected chi connectivity index (χ1v) is 11.4. The molecule has 0 amide bonds. The predicted octanol–water partition coefficient (Wildman–Crippen LogP) is 4.16. The molecule has 0 aliphatic rings. The zero-order valence-electron chi connectivity index (χ0n) is 15.0. The van der Waals surface area contributed by atoms with Gasteiger partial charge in [0.15, 0.2) is 4.90 Å². The molecule has 3 aromatic carbocycles. The molecule has 0 aliphatic heterocycles. The van der Waals surface area contributed by atoms with E-state index in [1.807, 2.05) is 0 Å². The molecule has 0 saturated carbocycles. The molecule has 3 rings (SSSR count). The summed E-state index contributed by atoms with van der Waals surface area (Å²) in [6, 6.07) is 30.0. The van der Waals surface area contributed by atoms with Crippen molar-refractivity contribution in [3.05, 3.63) is 102 Å². The highest BCUT2D eigenvalue weighted by Gasteiger charge is 2.14. The van der Waals surface area contributed by atoms with Crippen LogP contribution in [0.25, 0.3) is 0 Å². The van der Waals surface area contributed by atoms with E-state index >= 15 is 0 Å². The minimum Gasteiger partial charge on any atom is -0.726 e. The first-order valence-electron chi connectivity index (χ1n) is 8.30. The van der Waals surface area contributed by atoms with Crippen molar-refractivity contribution in [3.8, 4) is 0 Å². The van der Waals surface area contributed by atoms with E-state index in [9.17, 15) is 13.0 Å². The number of benzene rings is 3.